The predicted octanol–water partition coefficient (Wildman–Crippen LogP) is 24.1. The number of rotatable bonds is 74. The molecule has 0 heterocycles. The Morgan fingerprint density at radius 3 is 0.750 bits per heavy atom. The molecule has 0 aliphatic rings. The summed E-state index contributed by atoms with van der Waals surface area (Å²) in [7, 11) is -10.0. The molecule has 108 heavy (non-hydrogen) atoms. The van der Waals surface area contributed by atoms with Crippen molar-refractivity contribution in [2.45, 2.75) is 303 Å². The molecule has 0 rings (SSSR count). The average molecular weight is 1550 g/mol. The van der Waals surface area contributed by atoms with Crippen LogP contribution < -0.4 is 0 Å². The molecule has 0 aliphatic carbocycles. The molecule has 19 heteroatoms. The second kappa shape index (κ2) is 79.0. The van der Waals surface area contributed by atoms with Crippen LogP contribution in [0.15, 0.2) is 194 Å². The zero-order valence-corrected chi connectivity index (χ0v) is 68.5. The van der Waals surface area contributed by atoms with Gasteiger partial charge >= 0.3 is 39.5 Å². The highest BCUT2D eigenvalue weighted by Gasteiger charge is 2.30. The summed E-state index contributed by atoms with van der Waals surface area (Å²) in [5, 5.41) is 10.7. The van der Waals surface area contributed by atoms with E-state index in [0.29, 0.717) is 32.1 Å². The third-order valence-corrected chi connectivity index (χ3v) is 18.0. The van der Waals surface area contributed by atoms with E-state index in [1.54, 1.807) is 0 Å². The number of carbonyl (C=O) groups excluding carboxylic acids is 4. The Labute approximate surface area is 653 Å². The lowest BCUT2D eigenvalue weighted by atomic mass is 10.1. The minimum Gasteiger partial charge on any atom is -0.462 e. The normalized spacial score (nSPS) is 14.8. The molecule has 0 aromatic rings. The lowest BCUT2D eigenvalue weighted by Gasteiger charge is -2.21. The highest BCUT2D eigenvalue weighted by Crippen LogP contribution is 2.45. The molecule has 0 saturated heterocycles. The monoisotopic (exact) mass is 1540 g/mol. The number of allylic oxidation sites excluding steroid dienone is 32. The van der Waals surface area contributed by atoms with Crippen molar-refractivity contribution < 1.29 is 80.2 Å². The van der Waals surface area contributed by atoms with Gasteiger partial charge in [0.25, 0.3) is 0 Å². The second-order valence-electron chi connectivity index (χ2n) is 26.2. The minimum atomic E-state index is -5.01. The molecule has 3 N–H and O–H groups in total. The standard InChI is InChI=1S/C89H142O17P2/c1-5-9-13-17-21-25-29-33-37-39-41-43-47-49-53-57-61-65-69-73-86(91)99-79-84(105-88(93)75-71-67-63-59-55-51-45-35-31-27-23-19-15-11-7-3)81-103-107(95,96)101-77-83(90)78-102-108(97,98)104-82-85(106-89(94)76-72-68-64-60-56-52-46-36-32-28-24-20-16-12-8-4)80-100-87(92)74-70-66-62-58-54-50-48-44-42-40-38-34-30-26-22-18-14-10-6-2/h9-16,21-28,33-38,41-46,49,53,61,65,83-85,90H,5-8,17-20,29-32,39-40,47-48,50-52,54-60,62-64,66-82H2,1-4H3,(H,95,96)(H,97,98)/b13-9-,14-10-,15-11-,16-12-,25-21-,26-22-,27-23-,28-24-,37-33-,38-34-,43-41-,44-42-,45-35-,46-36-,53-49-,65-61-. The van der Waals surface area contributed by atoms with Crippen LogP contribution >= 0.6 is 15.6 Å². The molecule has 0 radical (unpaired) electrons. The van der Waals surface area contributed by atoms with Crippen molar-refractivity contribution in [2.75, 3.05) is 39.6 Å². The first-order chi connectivity index (χ1) is 52.7. The van der Waals surface area contributed by atoms with Crippen molar-refractivity contribution in [2.24, 2.45) is 0 Å². The van der Waals surface area contributed by atoms with Crippen molar-refractivity contribution in [1.29, 1.82) is 0 Å². The number of aliphatic hydroxyl groups excluding tert-OH is 1. The Morgan fingerprint density at radius 2 is 0.472 bits per heavy atom. The number of phosphoric acid groups is 2. The van der Waals surface area contributed by atoms with Gasteiger partial charge in [-0.05, 0) is 167 Å². The van der Waals surface area contributed by atoms with Gasteiger partial charge in [0.05, 0.1) is 26.4 Å². The number of hydrogen-bond acceptors (Lipinski definition) is 15. The Kier molecular flexibility index (Phi) is 74.5. The van der Waals surface area contributed by atoms with Crippen LogP contribution in [0.3, 0.4) is 0 Å². The smallest absolute Gasteiger partial charge is 0.462 e. The Balaban J connectivity index is 5.48. The van der Waals surface area contributed by atoms with Crippen LogP contribution in [0.4, 0.5) is 0 Å². The summed E-state index contributed by atoms with van der Waals surface area (Å²) in [6.45, 7) is 4.26. The van der Waals surface area contributed by atoms with E-state index >= 15 is 0 Å². The zero-order chi connectivity index (χ0) is 78.9. The topological polar surface area (TPSA) is 237 Å². The van der Waals surface area contributed by atoms with Gasteiger partial charge < -0.3 is 33.8 Å². The van der Waals surface area contributed by atoms with Crippen LogP contribution in [0.25, 0.3) is 0 Å². The van der Waals surface area contributed by atoms with Crippen LogP contribution in [0.1, 0.15) is 285 Å². The fourth-order valence-electron chi connectivity index (χ4n) is 10.0. The molecule has 610 valence electrons. The SMILES string of the molecule is CC/C=C\C/C=C\C/C=C\C/C=C\C/C=C\C/C=C\CCC(=O)OCC(COP(=O)(O)OCC(O)COP(=O)(O)OCC(COC(=O)CCCCCCCC/C=C\C/C=C\C/C=C\C/C=C\CC)OC(=O)CCCCCCC/C=C\C/C=C\C/C=C\CC)OC(=O)CCCCCCC/C=C\C/C=C\C/C=C\CC. The lowest BCUT2D eigenvalue weighted by molar-refractivity contribution is -0.161. The molecule has 0 aromatic carbocycles. The van der Waals surface area contributed by atoms with E-state index in [1.165, 1.54) is 0 Å². The largest absolute Gasteiger partial charge is 0.472 e. The van der Waals surface area contributed by atoms with Crippen LogP contribution in [-0.2, 0) is 65.4 Å². The first-order valence-electron chi connectivity index (χ1n) is 40.7. The van der Waals surface area contributed by atoms with Gasteiger partial charge in [0.2, 0.25) is 0 Å². The molecule has 0 saturated carbocycles. The molecule has 0 amide bonds. The van der Waals surface area contributed by atoms with E-state index in [0.717, 1.165) is 199 Å². The molecule has 0 spiro atoms. The summed E-state index contributed by atoms with van der Waals surface area (Å²) in [6.07, 6.45) is 97.0. The number of unbranched alkanes of at least 4 members (excludes halogenated alkanes) is 16. The van der Waals surface area contributed by atoms with Gasteiger partial charge in [0.15, 0.2) is 12.2 Å². The third kappa shape index (κ3) is 78.0. The van der Waals surface area contributed by atoms with E-state index in [9.17, 15) is 43.2 Å². The number of phosphoric ester groups is 2. The maximum absolute atomic E-state index is 13.1. The summed E-state index contributed by atoms with van der Waals surface area (Å²) in [5.41, 5.74) is 0. The molecule has 0 fully saturated rings. The highest BCUT2D eigenvalue weighted by molar-refractivity contribution is 7.47. The second-order valence-corrected chi connectivity index (χ2v) is 29.1. The molecule has 17 nitrogen and oxygen atoms in total. The molecule has 0 bridgehead atoms. The summed E-state index contributed by atoms with van der Waals surface area (Å²) in [4.78, 5) is 73.1. The van der Waals surface area contributed by atoms with Gasteiger partial charge in [-0.25, -0.2) is 9.13 Å². The van der Waals surface area contributed by atoms with Crippen LogP contribution in [0.2, 0.25) is 0 Å². The number of ether oxygens (including phenoxy) is 4. The van der Waals surface area contributed by atoms with Crippen molar-refractivity contribution >= 4 is 39.5 Å². The Hall–Kier alpha value is -6.10. The van der Waals surface area contributed by atoms with E-state index in [2.05, 4.69) is 204 Å². The minimum absolute atomic E-state index is 0.0245. The number of hydrogen-bond donors (Lipinski definition) is 3. The molecular weight excluding hydrogens is 1400 g/mol. The number of esters is 4. The fraction of sp³-hybridized carbons (Fsp3) is 0.596. The van der Waals surface area contributed by atoms with E-state index in [4.69, 9.17) is 37.0 Å². The van der Waals surface area contributed by atoms with Crippen molar-refractivity contribution in [1.82, 2.24) is 0 Å². The van der Waals surface area contributed by atoms with Crippen LogP contribution in [0, 0.1) is 0 Å². The molecular formula is C89H142O17P2. The van der Waals surface area contributed by atoms with E-state index in [1.807, 2.05) is 18.2 Å². The van der Waals surface area contributed by atoms with Crippen molar-refractivity contribution in [3.8, 4) is 0 Å². The van der Waals surface area contributed by atoms with Crippen LogP contribution in [-0.4, -0.2) is 96.7 Å². The Bertz CT molecular complexity index is 2810. The Morgan fingerprint density at radius 1 is 0.259 bits per heavy atom. The summed E-state index contributed by atoms with van der Waals surface area (Å²) in [5.74, 6) is -2.34. The van der Waals surface area contributed by atoms with Crippen LogP contribution in [0.5, 0.6) is 0 Å². The first kappa shape index (κ1) is 102. The molecule has 0 aliphatic heterocycles. The lowest BCUT2D eigenvalue weighted by Crippen LogP contribution is -2.30. The molecule has 5 unspecified atom stereocenters. The predicted molar refractivity (Wildman–Crippen MR) is 445 cm³/mol. The van der Waals surface area contributed by atoms with Gasteiger partial charge in [-0.2, -0.15) is 0 Å². The van der Waals surface area contributed by atoms with E-state index in [-0.39, 0.29) is 25.7 Å². The van der Waals surface area contributed by atoms with Gasteiger partial charge in [-0.1, -0.05) is 286 Å². The number of aliphatic hydroxyl groups is 1. The summed E-state index contributed by atoms with van der Waals surface area (Å²) in [6, 6.07) is 0. The fourth-order valence-corrected chi connectivity index (χ4v) is 11.6. The van der Waals surface area contributed by atoms with Crippen molar-refractivity contribution in [3.05, 3.63) is 194 Å². The third-order valence-electron chi connectivity index (χ3n) is 16.1. The quantitative estimate of drug-likeness (QED) is 0.0169. The van der Waals surface area contributed by atoms with Gasteiger partial charge in [-0.3, -0.25) is 37.3 Å². The highest BCUT2D eigenvalue weighted by atomic mass is 31.2. The van der Waals surface area contributed by atoms with Crippen molar-refractivity contribution in [3.63, 3.8) is 0 Å². The summed E-state index contributed by atoms with van der Waals surface area (Å²) >= 11 is 0. The van der Waals surface area contributed by atoms with E-state index < -0.39 is 97.5 Å². The van der Waals surface area contributed by atoms with Gasteiger partial charge in [-0.15, -0.1) is 0 Å². The molecule has 5 atom stereocenters. The average Bonchev–Trinajstić information content (AvgIpc) is 0.923. The first-order valence-corrected chi connectivity index (χ1v) is 43.7. The van der Waals surface area contributed by atoms with Gasteiger partial charge in [0, 0.05) is 25.7 Å². The summed E-state index contributed by atoms with van der Waals surface area (Å²) < 4.78 is 68.6. The zero-order valence-electron chi connectivity index (χ0n) is 66.7. The maximum Gasteiger partial charge on any atom is 0.472 e. The molecule has 0 aromatic heterocycles. The maximum atomic E-state index is 13.1. The van der Waals surface area contributed by atoms with Gasteiger partial charge in [0.1, 0.15) is 19.3 Å². The number of carbonyl (C=O) groups is 4.